The van der Waals surface area contributed by atoms with Crippen LogP contribution in [0.1, 0.15) is 19.3 Å². The van der Waals surface area contributed by atoms with Gasteiger partial charge in [0.1, 0.15) is 0 Å². The van der Waals surface area contributed by atoms with Gasteiger partial charge in [-0.05, 0) is 12.3 Å². The lowest BCUT2D eigenvalue weighted by Crippen LogP contribution is -2.20. The van der Waals surface area contributed by atoms with Gasteiger partial charge < -0.3 is 5.11 Å². The summed E-state index contributed by atoms with van der Waals surface area (Å²) >= 11 is 0. The van der Waals surface area contributed by atoms with Gasteiger partial charge in [0.25, 0.3) is 6.71 Å². The predicted molar refractivity (Wildman–Crippen MR) is 45.4 cm³/mol. The van der Waals surface area contributed by atoms with Crippen LogP contribution in [0.2, 0.25) is 12.6 Å². The number of nitriles is 1. The van der Waals surface area contributed by atoms with Gasteiger partial charge in [0.15, 0.2) is 0 Å². The fourth-order valence-corrected chi connectivity index (χ4v) is 1.76. The van der Waals surface area contributed by atoms with Crippen LogP contribution in [-0.2, 0) is 0 Å². The first-order valence-electron chi connectivity index (χ1n) is 4.37. The van der Waals surface area contributed by atoms with Gasteiger partial charge in [-0.15, -0.1) is 0 Å². The number of hydrogen-bond donors (Lipinski definition) is 1. The Morgan fingerprint density at radius 3 is 2.55 bits per heavy atom. The maximum Gasteiger partial charge on any atom is 0.267 e. The van der Waals surface area contributed by atoms with E-state index in [2.05, 4.69) is 5.97 Å². The smallest absolute Gasteiger partial charge is 0.267 e. The summed E-state index contributed by atoms with van der Waals surface area (Å²) in [5, 5.41) is 17.3. The van der Waals surface area contributed by atoms with Gasteiger partial charge in [0.05, 0.1) is 0 Å². The minimum Gasteiger partial charge on any atom is -0.396 e. The van der Waals surface area contributed by atoms with Crippen LogP contribution in [-0.4, -0.2) is 18.4 Å². The molecule has 1 aliphatic rings. The number of aliphatic hydroxyl groups excluding tert-OH is 1. The Kier molecular flexibility index (Phi) is 3.45. The van der Waals surface area contributed by atoms with E-state index in [9.17, 15) is 0 Å². The van der Waals surface area contributed by atoms with Crippen LogP contribution in [0.15, 0.2) is 0 Å². The highest BCUT2D eigenvalue weighted by Gasteiger charge is 2.23. The van der Waals surface area contributed by atoms with Gasteiger partial charge in [0.2, 0.25) is 0 Å². The third-order valence-electron chi connectivity index (χ3n) is 2.57. The molecule has 3 heteroatoms. The minimum absolute atomic E-state index is 0.296. The van der Waals surface area contributed by atoms with Crippen LogP contribution in [0.5, 0.6) is 0 Å². The van der Waals surface area contributed by atoms with Crippen molar-refractivity contribution in [3.05, 3.63) is 0 Å². The summed E-state index contributed by atoms with van der Waals surface area (Å²) < 4.78 is 0. The highest BCUT2D eigenvalue weighted by atomic mass is 16.3. The second-order valence-corrected chi connectivity index (χ2v) is 3.36. The molecule has 0 aromatic carbocycles. The van der Waals surface area contributed by atoms with Crippen molar-refractivity contribution in [1.29, 1.82) is 5.26 Å². The molecule has 2 nitrogen and oxygen atoms in total. The lowest BCUT2D eigenvalue weighted by Gasteiger charge is -2.21. The number of nitrogens with zero attached hydrogens (tertiary/aromatic N) is 1. The Balaban J connectivity index is 2.20. The van der Waals surface area contributed by atoms with E-state index in [0.717, 1.165) is 31.9 Å². The van der Waals surface area contributed by atoms with Crippen LogP contribution in [0.3, 0.4) is 0 Å². The lowest BCUT2D eigenvalue weighted by atomic mass is 9.41. The SMILES string of the molecule is N#CB1CCC(CCO)CC1. The molecule has 1 N–H and O–H groups in total. The highest BCUT2D eigenvalue weighted by Crippen LogP contribution is 2.26. The summed E-state index contributed by atoms with van der Waals surface area (Å²) in [6.45, 7) is 0.604. The molecule has 0 spiro atoms. The molecule has 1 heterocycles. The molecule has 0 aromatic heterocycles. The molecular weight excluding hydrogens is 137 g/mol. The maximum absolute atomic E-state index is 8.68. The quantitative estimate of drug-likeness (QED) is 0.605. The first-order valence-corrected chi connectivity index (χ1v) is 4.37. The van der Waals surface area contributed by atoms with Gasteiger partial charge >= 0.3 is 0 Å². The van der Waals surface area contributed by atoms with Crippen LogP contribution < -0.4 is 0 Å². The zero-order valence-electron chi connectivity index (χ0n) is 6.79. The first-order chi connectivity index (χ1) is 5.36. The third-order valence-corrected chi connectivity index (χ3v) is 2.57. The number of rotatable bonds is 2. The number of aliphatic hydroxyl groups is 1. The zero-order chi connectivity index (χ0) is 8.10. The summed E-state index contributed by atoms with van der Waals surface area (Å²) in [5.74, 6) is 2.99. The van der Waals surface area contributed by atoms with Crippen molar-refractivity contribution in [3.63, 3.8) is 0 Å². The average molecular weight is 151 g/mol. The van der Waals surface area contributed by atoms with Crippen molar-refractivity contribution in [3.8, 4) is 5.97 Å². The standard InChI is InChI=1S/C8H14BNO/c10-7-9-4-1-8(2-5-9)3-6-11/h8,11H,1-6H2. The van der Waals surface area contributed by atoms with E-state index in [1.165, 1.54) is 0 Å². The molecule has 1 saturated heterocycles. The molecule has 0 unspecified atom stereocenters. The zero-order valence-corrected chi connectivity index (χ0v) is 6.79. The largest absolute Gasteiger partial charge is 0.396 e. The van der Waals surface area contributed by atoms with Crippen molar-refractivity contribution < 1.29 is 5.11 Å². The summed E-state index contributed by atoms with van der Waals surface area (Å²) in [5.41, 5.74) is 0. The van der Waals surface area contributed by atoms with E-state index < -0.39 is 0 Å². The maximum atomic E-state index is 8.68. The molecule has 1 fully saturated rings. The summed E-state index contributed by atoms with van der Waals surface area (Å²) in [4.78, 5) is 0. The molecule has 0 amide bonds. The predicted octanol–water partition coefficient (Wildman–Crippen LogP) is 1.34. The normalized spacial score (nSPS) is 19.8. The van der Waals surface area contributed by atoms with Gasteiger partial charge in [-0.25, -0.2) is 5.26 Å². The Hall–Kier alpha value is -0.485. The van der Waals surface area contributed by atoms with E-state index in [4.69, 9.17) is 10.4 Å². The molecule has 0 aliphatic carbocycles. The van der Waals surface area contributed by atoms with Crippen molar-refractivity contribution in [1.82, 2.24) is 0 Å². The highest BCUT2D eigenvalue weighted by molar-refractivity contribution is 6.67. The van der Waals surface area contributed by atoms with E-state index >= 15 is 0 Å². The van der Waals surface area contributed by atoms with E-state index in [-0.39, 0.29) is 0 Å². The molecule has 0 bridgehead atoms. The van der Waals surface area contributed by atoms with Crippen molar-refractivity contribution in [2.24, 2.45) is 5.92 Å². The Morgan fingerprint density at radius 2 is 2.09 bits per heavy atom. The molecule has 0 aromatic rings. The fraction of sp³-hybridized carbons (Fsp3) is 0.875. The topological polar surface area (TPSA) is 44.0 Å². The summed E-state index contributed by atoms with van der Waals surface area (Å²) in [6, 6.07) is 0. The molecule has 1 aliphatic heterocycles. The molecule has 60 valence electrons. The fourth-order valence-electron chi connectivity index (χ4n) is 1.76. The summed E-state index contributed by atoms with van der Waals surface area (Å²) in [7, 11) is 0. The van der Waals surface area contributed by atoms with Gasteiger partial charge in [0, 0.05) is 12.6 Å². The van der Waals surface area contributed by atoms with E-state index in [0.29, 0.717) is 19.2 Å². The van der Waals surface area contributed by atoms with Crippen molar-refractivity contribution in [2.45, 2.75) is 31.9 Å². The van der Waals surface area contributed by atoms with Gasteiger partial charge in [-0.1, -0.05) is 25.5 Å². The van der Waals surface area contributed by atoms with Gasteiger partial charge in [-0.2, -0.15) is 0 Å². The van der Waals surface area contributed by atoms with Crippen molar-refractivity contribution >= 4 is 6.71 Å². The molecular formula is C8H14BNO. The van der Waals surface area contributed by atoms with Gasteiger partial charge in [-0.3, -0.25) is 0 Å². The van der Waals surface area contributed by atoms with E-state index in [1.54, 1.807) is 0 Å². The molecule has 1 rings (SSSR count). The van der Waals surface area contributed by atoms with Crippen LogP contribution >= 0.6 is 0 Å². The monoisotopic (exact) mass is 151 g/mol. The van der Waals surface area contributed by atoms with Crippen LogP contribution in [0.25, 0.3) is 0 Å². The summed E-state index contributed by atoms with van der Waals surface area (Å²) in [6.07, 6.45) is 5.29. The molecule has 11 heavy (non-hydrogen) atoms. The van der Waals surface area contributed by atoms with E-state index in [1.807, 2.05) is 0 Å². The van der Waals surface area contributed by atoms with Crippen molar-refractivity contribution in [2.75, 3.05) is 6.61 Å². The Labute approximate surface area is 68.3 Å². The number of hydrogen-bond acceptors (Lipinski definition) is 2. The average Bonchev–Trinajstić information content (AvgIpc) is 2.07. The lowest BCUT2D eigenvalue weighted by molar-refractivity contribution is 0.249. The second kappa shape index (κ2) is 4.40. The Bertz CT molecular complexity index is 147. The molecule has 0 saturated carbocycles. The minimum atomic E-state index is 0.296. The van der Waals surface area contributed by atoms with Crippen LogP contribution in [0, 0.1) is 17.1 Å². The second-order valence-electron chi connectivity index (χ2n) is 3.36. The van der Waals surface area contributed by atoms with Crippen LogP contribution in [0.4, 0.5) is 0 Å². The Morgan fingerprint density at radius 1 is 1.45 bits per heavy atom. The molecule has 0 radical (unpaired) electrons. The molecule has 0 atom stereocenters. The first kappa shape index (κ1) is 8.61. The third kappa shape index (κ3) is 2.55.